The third kappa shape index (κ3) is 4.29. The molecule has 0 aliphatic carbocycles. The normalized spacial score (nSPS) is 21.7. The molecule has 1 heterocycles. The molecule has 1 N–H and O–H groups in total. The first-order chi connectivity index (χ1) is 10.2. The molecule has 1 aromatic carbocycles. The smallest absolute Gasteiger partial charge is 0.0896 e. The lowest BCUT2D eigenvalue weighted by atomic mass is 9.96. The number of likely N-dealkylation sites (N-methyl/N-ethyl adjacent to an activating group) is 1. The van der Waals surface area contributed by atoms with Crippen LogP contribution in [0.5, 0.6) is 0 Å². The summed E-state index contributed by atoms with van der Waals surface area (Å²) in [6, 6.07) is 9.80. The van der Waals surface area contributed by atoms with E-state index in [1.54, 1.807) is 0 Å². The van der Waals surface area contributed by atoms with Crippen molar-refractivity contribution >= 4 is 0 Å². The molecule has 2 unspecified atom stereocenters. The van der Waals surface area contributed by atoms with Crippen molar-refractivity contribution in [2.75, 3.05) is 26.7 Å². The minimum Gasteiger partial charge on any atom is -0.374 e. The van der Waals surface area contributed by atoms with Crippen molar-refractivity contribution in [1.29, 1.82) is 0 Å². The Bertz CT molecular complexity index is 433. The van der Waals surface area contributed by atoms with Crippen LogP contribution in [0.3, 0.4) is 0 Å². The highest BCUT2D eigenvalue weighted by Gasteiger charge is 2.29. The Hall–Kier alpha value is -0.900. The summed E-state index contributed by atoms with van der Waals surface area (Å²) in [5, 5.41) is 3.47. The van der Waals surface area contributed by atoms with Gasteiger partial charge in [0.05, 0.1) is 18.8 Å². The van der Waals surface area contributed by atoms with Gasteiger partial charge in [0.2, 0.25) is 0 Å². The van der Waals surface area contributed by atoms with E-state index in [9.17, 15) is 0 Å². The van der Waals surface area contributed by atoms with Gasteiger partial charge in [-0.15, -0.1) is 0 Å². The van der Waals surface area contributed by atoms with Crippen molar-refractivity contribution in [1.82, 2.24) is 10.2 Å². The molecule has 2 atom stereocenters. The van der Waals surface area contributed by atoms with Crippen molar-refractivity contribution in [3.05, 3.63) is 35.4 Å². The van der Waals surface area contributed by atoms with Crippen LogP contribution < -0.4 is 5.32 Å². The first-order valence-electron chi connectivity index (χ1n) is 8.27. The van der Waals surface area contributed by atoms with Gasteiger partial charge in [-0.2, -0.15) is 0 Å². The molecule has 1 fully saturated rings. The van der Waals surface area contributed by atoms with Gasteiger partial charge in [-0.25, -0.2) is 0 Å². The molecular weight excluding hydrogens is 260 g/mol. The Morgan fingerprint density at radius 1 is 1.38 bits per heavy atom. The minimum atomic E-state index is 0.225. The zero-order valence-corrected chi connectivity index (χ0v) is 13.9. The molecule has 0 amide bonds. The van der Waals surface area contributed by atoms with E-state index in [4.69, 9.17) is 4.74 Å². The van der Waals surface area contributed by atoms with Crippen LogP contribution in [0.25, 0.3) is 0 Å². The highest BCUT2D eigenvalue weighted by Crippen LogP contribution is 2.24. The summed E-state index contributed by atoms with van der Waals surface area (Å²) in [6.45, 7) is 9.63. The number of nitrogens with one attached hydrogen (secondary N) is 1. The Kier molecular flexibility index (Phi) is 6.22. The summed E-state index contributed by atoms with van der Waals surface area (Å²) in [7, 11) is 2.04. The van der Waals surface area contributed by atoms with Crippen LogP contribution >= 0.6 is 0 Å². The van der Waals surface area contributed by atoms with Crippen LogP contribution in [0.1, 0.15) is 44.4 Å². The summed E-state index contributed by atoms with van der Waals surface area (Å²) in [5.41, 5.74) is 2.77. The van der Waals surface area contributed by atoms with E-state index in [1.807, 2.05) is 7.05 Å². The fourth-order valence-corrected chi connectivity index (χ4v) is 3.17. The van der Waals surface area contributed by atoms with E-state index in [1.165, 1.54) is 17.5 Å². The highest BCUT2D eigenvalue weighted by atomic mass is 16.5. The number of aryl methyl sites for hydroxylation is 1. The molecule has 3 heteroatoms. The fraction of sp³-hybridized carbons (Fsp3) is 0.667. The third-order valence-corrected chi connectivity index (χ3v) is 4.39. The van der Waals surface area contributed by atoms with Gasteiger partial charge < -0.3 is 10.1 Å². The molecular formula is C18H30N2O. The SMILES string of the molecule is CCCc1cccc(C(NC)C2CN(C(C)C)CCO2)c1. The molecule has 0 spiro atoms. The second-order valence-electron chi connectivity index (χ2n) is 6.26. The van der Waals surface area contributed by atoms with Gasteiger partial charge in [0.25, 0.3) is 0 Å². The van der Waals surface area contributed by atoms with E-state index in [-0.39, 0.29) is 12.1 Å². The van der Waals surface area contributed by atoms with Crippen LogP contribution in [0.15, 0.2) is 24.3 Å². The number of rotatable bonds is 6. The summed E-state index contributed by atoms with van der Waals surface area (Å²) < 4.78 is 6.06. The Morgan fingerprint density at radius 3 is 2.86 bits per heavy atom. The number of benzene rings is 1. The van der Waals surface area contributed by atoms with Crippen molar-refractivity contribution in [2.24, 2.45) is 0 Å². The molecule has 2 rings (SSSR count). The van der Waals surface area contributed by atoms with Crippen molar-refractivity contribution in [3.8, 4) is 0 Å². The minimum absolute atomic E-state index is 0.225. The summed E-state index contributed by atoms with van der Waals surface area (Å²) in [5.74, 6) is 0. The molecule has 3 nitrogen and oxygen atoms in total. The fourth-order valence-electron chi connectivity index (χ4n) is 3.17. The van der Waals surface area contributed by atoms with Crippen molar-refractivity contribution in [2.45, 2.75) is 51.8 Å². The van der Waals surface area contributed by atoms with Crippen LogP contribution in [0, 0.1) is 0 Å². The molecule has 0 saturated carbocycles. The molecule has 118 valence electrons. The lowest BCUT2D eigenvalue weighted by molar-refractivity contribution is -0.0550. The zero-order valence-electron chi connectivity index (χ0n) is 13.9. The van der Waals surface area contributed by atoms with Gasteiger partial charge >= 0.3 is 0 Å². The van der Waals surface area contributed by atoms with Crippen molar-refractivity contribution in [3.63, 3.8) is 0 Å². The zero-order chi connectivity index (χ0) is 15.2. The molecule has 0 radical (unpaired) electrons. The average molecular weight is 290 g/mol. The Labute approximate surface area is 129 Å². The van der Waals surface area contributed by atoms with Gasteiger partial charge in [-0.3, -0.25) is 4.90 Å². The van der Waals surface area contributed by atoms with Crippen LogP contribution in [0.2, 0.25) is 0 Å². The lowest BCUT2D eigenvalue weighted by Gasteiger charge is -2.39. The second-order valence-corrected chi connectivity index (χ2v) is 6.26. The van der Waals surface area contributed by atoms with E-state index in [0.717, 1.165) is 26.1 Å². The molecule has 1 saturated heterocycles. The molecule has 0 aromatic heterocycles. The van der Waals surface area contributed by atoms with Gasteiger partial charge in [-0.1, -0.05) is 37.6 Å². The molecule has 0 bridgehead atoms. The van der Waals surface area contributed by atoms with Crippen LogP contribution in [-0.2, 0) is 11.2 Å². The van der Waals surface area contributed by atoms with E-state index in [0.29, 0.717) is 6.04 Å². The molecule has 1 aromatic rings. The maximum absolute atomic E-state index is 6.06. The maximum Gasteiger partial charge on any atom is 0.0896 e. The summed E-state index contributed by atoms with van der Waals surface area (Å²) in [4.78, 5) is 2.51. The Balaban J connectivity index is 2.13. The number of hydrogen-bond acceptors (Lipinski definition) is 3. The molecule has 21 heavy (non-hydrogen) atoms. The van der Waals surface area contributed by atoms with E-state index >= 15 is 0 Å². The van der Waals surface area contributed by atoms with Gasteiger partial charge in [0, 0.05) is 19.1 Å². The van der Waals surface area contributed by atoms with Crippen molar-refractivity contribution < 1.29 is 4.74 Å². The summed E-state index contributed by atoms with van der Waals surface area (Å²) in [6.07, 6.45) is 2.56. The van der Waals surface area contributed by atoms with Crippen LogP contribution in [-0.4, -0.2) is 43.8 Å². The molecule has 1 aliphatic rings. The first kappa shape index (κ1) is 16.5. The predicted octanol–water partition coefficient (Wildman–Crippen LogP) is 3.01. The largest absolute Gasteiger partial charge is 0.374 e. The van der Waals surface area contributed by atoms with Crippen LogP contribution in [0.4, 0.5) is 0 Å². The third-order valence-electron chi connectivity index (χ3n) is 4.39. The second kappa shape index (κ2) is 7.92. The van der Waals surface area contributed by atoms with Gasteiger partial charge in [-0.05, 0) is 38.4 Å². The maximum atomic E-state index is 6.06. The average Bonchev–Trinajstić information content (AvgIpc) is 2.49. The predicted molar refractivity (Wildman–Crippen MR) is 88.7 cm³/mol. The van der Waals surface area contributed by atoms with E-state index < -0.39 is 0 Å². The molecule has 1 aliphatic heterocycles. The highest BCUT2D eigenvalue weighted by molar-refractivity contribution is 5.27. The number of nitrogens with zero attached hydrogens (tertiary/aromatic N) is 1. The van der Waals surface area contributed by atoms with Gasteiger partial charge in [0.15, 0.2) is 0 Å². The lowest BCUT2D eigenvalue weighted by Crippen LogP contribution is -2.49. The Morgan fingerprint density at radius 2 is 2.19 bits per heavy atom. The number of hydrogen-bond donors (Lipinski definition) is 1. The summed E-state index contributed by atoms with van der Waals surface area (Å²) >= 11 is 0. The number of morpholine rings is 1. The standard InChI is InChI=1S/C18H30N2O/c1-5-7-15-8-6-9-16(12-15)18(19-4)17-13-20(14(2)3)10-11-21-17/h6,8-9,12,14,17-19H,5,7,10-11,13H2,1-4H3. The quantitative estimate of drug-likeness (QED) is 0.871. The first-order valence-corrected chi connectivity index (χ1v) is 8.27. The monoisotopic (exact) mass is 290 g/mol. The number of ether oxygens (including phenoxy) is 1. The topological polar surface area (TPSA) is 24.5 Å². The van der Waals surface area contributed by atoms with Gasteiger partial charge in [0.1, 0.15) is 0 Å². The van der Waals surface area contributed by atoms with E-state index in [2.05, 4.69) is 55.3 Å².